The van der Waals surface area contributed by atoms with Crippen LogP contribution in [0.25, 0.3) is 0 Å². The molecule has 1 amide bonds. The van der Waals surface area contributed by atoms with Crippen molar-refractivity contribution < 1.29 is 9.59 Å². The molecule has 1 aromatic carbocycles. The van der Waals surface area contributed by atoms with Gasteiger partial charge in [0, 0.05) is 17.8 Å². The third-order valence-corrected chi connectivity index (χ3v) is 2.89. The average molecular weight is 234 g/mol. The summed E-state index contributed by atoms with van der Waals surface area (Å²) >= 11 is 0. The maximum absolute atomic E-state index is 11.2. The van der Waals surface area contributed by atoms with Gasteiger partial charge in [0.05, 0.1) is 0 Å². The van der Waals surface area contributed by atoms with Gasteiger partial charge in [0.1, 0.15) is 12.3 Å². The van der Waals surface area contributed by atoms with Crippen LogP contribution in [0.3, 0.4) is 0 Å². The Labute approximate surface area is 101 Å². The summed E-state index contributed by atoms with van der Waals surface area (Å²) in [5, 5.41) is 0. The van der Waals surface area contributed by atoms with Gasteiger partial charge in [-0.25, -0.2) is 0 Å². The lowest BCUT2D eigenvalue weighted by molar-refractivity contribution is -0.118. The lowest BCUT2D eigenvalue weighted by Gasteiger charge is -2.29. The molecule has 92 valence electrons. The van der Waals surface area contributed by atoms with Gasteiger partial charge in [0.15, 0.2) is 0 Å². The Morgan fingerprint density at radius 3 is 2.59 bits per heavy atom. The standard InChI is InChI=1S/C13H18N2O2/c1-4-15(10(3)13(14)17)12-6-5-11(8-16)7-9(12)2/h5-8,10H,4H2,1-3H3,(H2,14,17). The first-order valence-corrected chi connectivity index (χ1v) is 5.63. The lowest BCUT2D eigenvalue weighted by Crippen LogP contribution is -2.43. The molecule has 0 saturated heterocycles. The van der Waals surface area contributed by atoms with Crippen LogP contribution >= 0.6 is 0 Å². The molecule has 0 aromatic heterocycles. The fourth-order valence-electron chi connectivity index (χ4n) is 1.88. The van der Waals surface area contributed by atoms with Crippen LogP contribution in [-0.2, 0) is 4.79 Å². The number of nitrogens with two attached hydrogens (primary N) is 1. The van der Waals surface area contributed by atoms with Crippen LogP contribution < -0.4 is 10.6 Å². The molecule has 0 bridgehead atoms. The lowest BCUT2D eigenvalue weighted by atomic mass is 10.1. The van der Waals surface area contributed by atoms with Crippen molar-refractivity contribution >= 4 is 17.9 Å². The van der Waals surface area contributed by atoms with Crippen molar-refractivity contribution in [2.24, 2.45) is 5.73 Å². The van der Waals surface area contributed by atoms with E-state index in [-0.39, 0.29) is 11.9 Å². The fraction of sp³-hybridized carbons (Fsp3) is 0.385. The molecule has 1 rings (SSSR count). The average Bonchev–Trinajstić information content (AvgIpc) is 2.31. The monoisotopic (exact) mass is 234 g/mol. The number of carbonyl (C=O) groups is 2. The van der Waals surface area contributed by atoms with Crippen molar-refractivity contribution in [3.05, 3.63) is 29.3 Å². The maximum Gasteiger partial charge on any atom is 0.239 e. The Morgan fingerprint density at radius 1 is 1.53 bits per heavy atom. The Morgan fingerprint density at radius 2 is 2.18 bits per heavy atom. The summed E-state index contributed by atoms with van der Waals surface area (Å²) in [6.07, 6.45) is 0.810. The van der Waals surface area contributed by atoms with Gasteiger partial charge >= 0.3 is 0 Å². The number of primary amides is 1. The van der Waals surface area contributed by atoms with E-state index in [9.17, 15) is 9.59 Å². The first kappa shape index (κ1) is 13.2. The van der Waals surface area contributed by atoms with Gasteiger partial charge in [-0.3, -0.25) is 9.59 Å². The number of aryl methyl sites for hydroxylation is 1. The van der Waals surface area contributed by atoms with Crippen LogP contribution in [-0.4, -0.2) is 24.8 Å². The Bertz CT molecular complexity index is 429. The quantitative estimate of drug-likeness (QED) is 0.785. The minimum Gasteiger partial charge on any atom is -0.368 e. The van der Waals surface area contributed by atoms with Gasteiger partial charge in [0.25, 0.3) is 0 Å². The third-order valence-electron chi connectivity index (χ3n) is 2.89. The van der Waals surface area contributed by atoms with Crippen molar-refractivity contribution in [1.82, 2.24) is 0 Å². The van der Waals surface area contributed by atoms with Crippen molar-refractivity contribution in [3.63, 3.8) is 0 Å². The number of anilines is 1. The summed E-state index contributed by atoms with van der Waals surface area (Å²) in [4.78, 5) is 23.8. The van der Waals surface area contributed by atoms with Crippen molar-refractivity contribution in [3.8, 4) is 0 Å². The second-order valence-electron chi connectivity index (χ2n) is 4.03. The van der Waals surface area contributed by atoms with E-state index in [2.05, 4.69) is 0 Å². The number of likely N-dealkylation sites (N-methyl/N-ethyl adjacent to an activating group) is 1. The maximum atomic E-state index is 11.2. The number of amides is 1. The van der Waals surface area contributed by atoms with E-state index >= 15 is 0 Å². The smallest absolute Gasteiger partial charge is 0.239 e. The molecular weight excluding hydrogens is 216 g/mol. The number of rotatable bonds is 5. The molecule has 1 atom stereocenters. The number of carbonyl (C=O) groups excluding carboxylic acids is 2. The van der Waals surface area contributed by atoms with Gasteiger partial charge in [0.2, 0.25) is 5.91 Å². The second kappa shape index (κ2) is 5.48. The molecule has 0 aliphatic heterocycles. The summed E-state index contributed by atoms with van der Waals surface area (Å²) in [6.45, 7) is 6.34. The highest BCUT2D eigenvalue weighted by Crippen LogP contribution is 2.22. The zero-order valence-electron chi connectivity index (χ0n) is 10.4. The van der Waals surface area contributed by atoms with Crippen LogP contribution in [0.2, 0.25) is 0 Å². The van der Waals surface area contributed by atoms with Crippen molar-refractivity contribution in [2.75, 3.05) is 11.4 Å². The molecule has 0 aliphatic carbocycles. The molecule has 1 unspecified atom stereocenters. The topological polar surface area (TPSA) is 63.4 Å². The number of nitrogens with zero attached hydrogens (tertiary/aromatic N) is 1. The molecule has 1 aromatic rings. The van der Waals surface area contributed by atoms with Gasteiger partial charge < -0.3 is 10.6 Å². The largest absolute Gasteiger partial charge is 0.368 e. The molecule has 0 fully saturated rings. The minimum atomic E-state index is -0.360. The molecular formula is C13H18N2O2. The molecule has 0 spiro atoms. The summed E-state index contributed by atoms with van der Waals surface area (Å²) in [5.74, 6) is -0.356. The van der Waals surface area contributed by atoms with Gasteiger partial charge in [-0.05, 0) is 44.5 Å². The fourth-order valence-corrected chi connectivity index (χ4v) is 1.88. The van der Waals surface area contributed by atoms with E-state index in [1.807, 2.05) is 24.8 Å². The molecule has 0 radical (unpaired) electrons. The molecule has 4 heteroatoms. The van der Waals surface area contributed by atoms with Crippen LogP contribution in [0.1, 0.15) is 29.8 Å². The predicted molar refractivity (Wildman–Crippen MR) is 68.2 cm³/mol. The van der Waals surface area contributed by atoms with Crippen LogP contribution in [0.5, 0.6) is 0 Å². The molecule has 0 heterocycles. The van der Waals surface area contributed by atoms with E-state index < -0.39 is 0 Å². The van der Waals surface area contributed by atoms with E-state index in [1.165, 1.54) is 0 Å². The number of benzene rings is 1. The first-order chi connectivity index (χ1) is 8.01. The van der Waals surface area contributed by atoms with Gasteiger partial charge in [-0.15, -0.1) is 0 Å². The zero-order valence-corrected chi connectivity index (χ0v) is 10.4. The predicted octanol–water partition coefficient (Wildman–Crippen LogP) is 1.51. The highest BCUT2D eigenvalue weighted by Gasteiger charge is 2.19. The van der Waals surface area contributed by atoms with Gasteiger partial charge in [-0.2, -0.15) is 0 Å². The second-order valence-corrected chi connectivity index (χ2v) is 4.03. The van der Waals surface area contributed by atoms with Gasteiger partial charge in [-0.1, -0.05) is 0 Å². The summed E-state index contributed by atoms with van der Waals surface area (Å²) in [5.41, 5.74) is 7.85. The molecule has 0 aliphatic rings. The summed E-state index contributed by atoms with van der Waals surface area (Å²) in [6, 6.07) is 5.03. The SMILES string of the molecule is CCN(c1ccc(C=O)cc1C)C(C)C(N)=O. The minimum absolute atomic E-state index is 0.356. The Hall–Kier alpha value is -1.84. The number of aldehydes is 1. The first-order valence-electron chi connectivity index (χ1n) is 5.63. The highest BCUT2D eigenvalue weighted by atomic mass is 16.1. The zero-order chi connectivity index (χ0) is 13.0. The summed E-state index contributed by atoms with van der Waals surface area (Å²) in [7, 11) is 0. The van der Waals surface area contributed by atoms with E-state index in [0.717, 1.165) is 17.5 Å². The Balaban J connectivity index is 3.12. The normalized spacial score (nSPS) is 11.9. The van der Waals surface area contributed by atoms with Crippen molar-refractivity contribution in [2.45, 2.75) is 26.8 Å². The summed E-state index contributed by atoms with van der Waals surface area (Å²) < 4.78 is 0. The Kier molecular flexibility index (Phi) is 4.26. The number of hydrogen-bond donors (Lipinski definition) is 1. The number of hydrogen-bond acceptors (Lipinski definition) is 3. The van der Waals surface area contributed by atoms with Crippen molar-refractivity contribution in [1.29, 1.82) is 0 Å². The van der Waals surface area contributed by atoms with E-state index in [1.54, 1.807) is 19.1 Å². The third kappa shape index (κ3) is 2.84. The molecule has 2 N–H and O–H groups in total. The highest BCUT2D eigenvalue weighted by molar-refractivity contribution is 5.84. The van der Waals surface area contributed by atoms with Crippen LogP contribution in [0, 0.1) is 6.92 Å². The van der Waals surface area contributed by atoms with E-state index in [4.69, 9.17) is 5.73 Å². The molecule has 0 saturated carbocycles. The van der Waals surface area contributed by atoms with Crippen LogP contribution in [0.4, 0.5) is 5.69 Å². The molecule has 17 heavy (non-hydrogen) atoms. The molecule has 4 nitrogen and oxygen atoms in total. The van der Waals surface area contributed by atoms with E-state index in [0.29, 0.717) is 12.1 Å². The van der Waals surface area contributed by atoms with Crippen LogP contribution in [0.15, 0.2) is 18.2 Å².